The molecule has 1 aromatic heterocycles. The molecule has 2 heterocycles. The lowest BCUT2D eigenvalue weighted by atomic mass is 9.90. The molecule has 35 heavy (non-hydrogen) atoms. The van der Waals surface area contributed by atoms with E-state index in [1.54, 1.807) is 29.1 Å². The summed E-state index contributed by atoms with van der Waals surface area (Å²) in [5.41, 5.74) is 1.02. The van der Waals surface area contributed by atoms with Gasteiger partial charge in [-0.15, -0.1) is 0 Å². The lowest BCUT2D eigenvalue weighted by Crippen LogP contribution is -2.51. The number of carbonyl (C=O) groups excluding carboxylic acids is 2. The van der Waals surface area contributed by atoms with Gasteiger partial charge in [-0.1, -0.05) is 38.0 Å². The average Bonchev–Trinajstić information content (AvgIpc) is 2.84. The normalized spacial score (nSPS) is 21.7. The second kappa shape index (κ2) is 12.3. The Balaban J connectivity index is 1.90. The summed E-state index contributed by atoms with van der Waals surface area (Å²) in [4.78, 5) is 33.8. The van der Waals surface area contributed by atoms with Crippen molar-refractivity contribution >= 4 is 11.9 Å². The van der Waals surface area contributed by atoms with E-state index >= 15 is 0 Å². The summed E-state index contributed by atoms with van der Waals surface area (Å²) in [6.45, 7) is 8.21. The number of aliphatic hydroxyl groups is 1. The minimum Gasteiger partial charge on any atom is -0.472 e. The van der Waals surface area contributed by atoms with Gasteiger partial charge < -0.3 is 25.0 Å². The van der Waals surface area contributed by atoms with Crippen molar-refractivity contribution in [3.63, 3.8) is 0 Å². The molecule has 3 amide bonds. The number of hydrogen-bond donors (Lipinski definition) is 2. The van der Waals surface area contributed by atoms with E-state index in [9.17, 15) is 14.7 Å². The van der Waals surface area contributed by atoms with Crippen molar-refractivity contribution in [3.8, 4) is 17.7 Å². The van der Waals surface area contributed by atoms with E-state index in [0.29, 0.717) is 30.1 Å². The molecule has 1 aliphatic carbocycles. The van der Waals surface area contributed by atoms with Gasteiger partial charge in [0.05, 0.1) is 19.2 Å². The predicted octanol–water partition coefficient (Wildman–Crippen LogP) is 3.28. The zero-order chi connectivity index (χ0) is 25.5. The number of rotatable bonds is 5. The zero-order valence-corrected chi connectivity index (χ0v) is 21.7. The second-order valence-corrected chi connectivity index (χ2v) is 10.3. The molecule has 1 aliphatic heterocycles. The van der Waals surface area contributed by atoms with Crippen LogP contribution < -0.4 is 10.1 Å². The molecule has 2 N–H and O–H groups in total. The number of pyridine rings is 1. The standard InChI is InChI=1S/C27H40N4O4/c1-18(2)29-27(34)30(5)16-24-19(3)15-31(20(4)17-32)26(33)23-13-22(14-28-25(23)35-24)12-11-21-9-7-6-8-10-21/h13-14,18-21,24,32H,6-10,15-17H2,1-5H3,(H,29,34)/t19-,20-,24+/m1/s1. The lowest BCUT2D eigenvalue weighted by Gasteiger charge is -2.37. The highest BCUT2D eigenvalue weighted by molar-refractivity contribution is 5.97. The topological polar surface area (TPSA) is 95.0 Å². The summed E-state index contributed by atoms with van der Waals surface area (Å²) in [5, 5.41) is 12.7. The van der Waals surface area contributed by atoms with Crippen molar-refractivity contribution in [1.82, 2.24) is 20.1 Å². The molecular weight excluding hydrogens is 444 g/mol. The van der Waals surface area contributed by atoms with Crippen LogP contribution in [0.1, 0.15) is 75.7 Å². The number of carbonyl (C=O) groups is 2. The maximum Gasteiger partial charge on any atom is 0.317 e. The third-order valence-corrected chi connectivity index (χ3v) is 6.76. The fourth-order valence-electron chi connectivity index (χ4n) is 4.53. The summed E-state index contributed by atoms with van der Waals surface area (Å²) in [6.07, 6.45) is 7.21. The number of nitrogens with zero attached hydrogens (tertiary/aromatic N) is 3. The first-order valence-corrected chi connectivity index (χ1v) is 12.8. The van der Waals surface area contributed by atoms with Crippen molar-refractivity contribution in [1.29, 1.82) is 0 Å². The summed E-state index contributed by atoms with van der Waals surface area (Å²) >= 11 is 0. The highest BCUT2D eigenvalue weighted by Gasteiger charge is 2.34. The monoisotopic (exact) mass is 484 g/mol. The van der Waals surface area contributed by atoms with Crippen LogP contribution >= 0.6 is 0 Å². The highest BCUT2D eigenvalue weighted by atomic mass is 16.5. The first-order chi connectivity index (χ1) is 16.7. The fourth-order valence-corrected chi connectivity index (χ4v) is 4.53. The molecule has 0 unspecified atom stereocenters. The quantitative estimate of drug-likeness (QED) is 0.626. The fraction of sp³-hybridized carbons (Fsp3) is 0.667. The maximum absolute atomic E-state index is 13.5. The van der Waals surface area contributed by atoms with Gasteiger partial charge in [-0.2, -0.15) is 0 Å². The van der Waals surface area contributed by atoms with Crippen LogP contribution in [-0.4, -0.2) is 76.8 Å². The number of likely N-dealkylation sites (N-methyl/N-ethyl adjacent to an activating group) is 1. The largest absolute Gasteiger partial charge is 0.472 e. The molecule has 8 nitrogen and oxygen atoms in total. The SMILES string of the molecule is CC(C)NC(=O)N(C)C[C@@H]1Oc2ncc(C#CC3CCCCC3)cc2C(=O)N([C@H](C)CO)C[C@H]1C. The van der Waals surface area contributed by atoms with Gasteiger partial charge in [-0.3, -0.25) is 4.79 Å². The molecule has 0 bridgehead atoms. The molecule has 0 radical (unpaired) electrons. The molecular formula is C27H40N4O4. The number of ether oxygens (including phenoxy) is 1. The Bertz CT molecular complexity index is 948. The number of fused-ring (bicyclic) bond motifs is 1. The van der Waals surface area contributed by atoms with Gasteiger partial charge in [0.25, 0.3) is 5.91 Å². The molecule has 3 atom stereocenters. The number of amides is 3. The Kier molecular flexibility index (Phi) is 9.39. The molecule has 8 heteroatoms. The van der Waals surface area contributed by atoms with E-state index in [-0.39, 0.29) is 48.5 Å². The second-order valence-electron chi connectivity index (χ2n) is 10.3. The Morgan fingerprint density at radius 2 is 2.03 bits per heavy atom. The van der Waals surface area contributed by atoms with Gasteiger partial charge >= 0.3 is 6.03 Å². The van der Waals surface area contributed by atoms with Gasteiger partial charge in [0.15, 0.2) is 0 Å². The van der Waals surface area contributed by atoms with Gasteiger partial charge in [-0.05, 0) is 39.7 Å². The number of hydrogen-bond acceptors (Lipinski definition) is 5. The third kappa shape index (κ3) is 7.11. The first-order valence-electron chi connectivity index (χ1n) is 12.8. The molecule has 1 saturated carbocycles. The van der Waals surface area contributed by atoms with Crippen LogP contribution in [0.5, 0.6) is 5.88 Å². The minimum absolute atomic E-state index is 0.0228. The minimum atomic E-state index is -0.384. The average molecular weight is 485 g/mol. The van der Waals surface area contributed by atoms with Crippen LogP contribution in [0.2, 0.25) is 0 Å². The van der Waals surface area contributed by atoms with Crippen LogP contribution in [0.3, 0.4) is 0 Å². The highest BCUT2D eigenvalue weighted by Crippen LogP contribution is 2.28. The third-order valence-electron chi connectivity index (χ3n) is 6.76. The molecule has 1 aromatic rings. The molecule has 0 spiro atoms. The van der Waals surface area contributed by atoms with E-state index in [2.05, 4.69) is 22.1 Å². The molecule has 0 saturated heterocycles. The van der Waals surface area contributed by atoms with Crippen molar-refractivity contribution < 1.29 is 19.4 Å². The van der Waals surface area contributed by atoms with Crippen LogP contribution in [0.4, 0.5) is 4.79 Å². The van der Waals surface area contributed by atoms with E-state index in [4.69, 9.17) is 4.74 Å². The van der Waals surface area contributed by atoms with Crippen molar-refractivity contribution in [2.45, 2.75) is 78.0 Å². The van der Waals surface area contributed by atoms with E-state index in [1.165, 1.54) is 19.3 Å². The first kappa shape index (κ1) is 26.8. The predicted molar refractivity (Wildman–Crippen MR) is 135 cm³/mol. The van der Waals surface area contributed by atoms with Gasteiger partial charge in [-0.25, -0.2) is 9.78 Å². The van der Waals surface area contributed by atoms with Crippen molar-refractivity contribution in [3.05, 3.63) is 23.4 Å². The molecule has 0 aromatic carbocycles. The number of nitrogens with one attached hydrogen (secondary N) is 1. The van der Waals surface area contributed by atoms with E-state index in [0.717, 1.165) is 12.8 Å². The summed E-state index contributed by atoms with van der Waals surface area (Å²) in [7, 11) is 1.73. The van der Waals surface area contributed by atoms with Gasteiger partial charge in [0.1, 0.15) is 11.7 Å². The Morgan fingerprint density at radius 3 is 2.69 bits per heavy atom. The number of aliphatic hydroxyl groups excluding tert-OH is 1. The van der Waals surface area contributed by atoms with E-state index in [1.807, 2.05) is 27.7 Å². The number of aromatic nitrogens is 1. The molecule has 1 fully saturated rings. The summed E-state index contributed by atoms with van der Waals surface area (Å²) in [5.74, 6) is 6.87. The van der Waals surface area contributed by atoms with E-state index < -0.39 is 0 Å². The van der Waals surface area contributed by atoms with Gasteiger partial charge in [0, 0.05) is 43.2 Å². The van der Waals surface area contributed by atoms with Crippen LogP contribution in [-0.2, 0) is 0 Å². The lowest BCUT2D eigenvalue weighted by molar-refractivity contribution is 0.0351. The molecule has 2 aliphatic rings. The molecule has 3 rings (SSSR count). The smallest absolute Gasteiger partial charge is 0.317 e. The maximum atomic E-state index is 13.5. The Labute approximate surface area is 209 Å². The van der Waals surface area contributed by atoms with Gasteiger partial charge in [0.2, 0.25) is 5.88 Å². The summed E-state index contributed by atoms with van der Waals surface area (Å²) in [6, 6.07) is 1.22. The molecule has 192 valence electrons. The Hall–Kier alpha value is -2.79. The van der Waals surface area contributed by atoms with Crippen molar-refractivity contribution in [2.24, 2.45) is 11.8 Å². The number of urea groups is 1. The van der Waals surface area contributed by atoms with Crippen molar-refractivity contribution in [2.75, 3.05) is 26.7 Å². The Morgan fingerprint density at radius 1 is 1.31 bits per heavy atom. The zero-order valence-electron chi connectivity index (χ0n) is 21.7. The van der Waals surface area contributed by atoms with Crippen LogP contribution in [0.25, 0.3) is 0 Å². The van der Waals surface area contributed by atoms with Crippen LogP contribution in [0.15, 0.2) is 12.3 Å². The van der Waals surface area contributed by atoms with Crippen LogP contribution in [0, 0.1) is 23.7 Å². The summed E-state index contributed by atoms with van der Waals surface area (Å²) < 4.78 is 6.27.